The Morgan fingerprint density at radius 3 is 2.53 bits per heavy atom. The largest absolute Gasteiger partial charge is 0.389 e. The predicted molar refractivity (Wildman–Crippen MR) is 66.3 cm³/mol. The molecular weight excluding hydrogens is 184 g/mol. The van der Waals surface area contributed by atoms with Crippen molar-refractivity contribution < 1.29 is 0 Å². The van der Waals surface area contributed by atoms with Crippen LogP contribution in [0.5, 0.6) is 0 Å². The molecule has 80 valence electrons. The van der Waals surface area contributed by atoms with Crippen molar-refractivity contribution in [3.8, 4) is 0 Å². The smallest absolute Gasteiger partial charge is 0.0660 e. The lowest BCUT2D eigenvalue weighted by Gasteiger charge is -2.05. The minimum Gasteiger partial charge on any atom is -0.389 e. The van der Waals surface area contributed by atoms with Gasteiger partial charge in [-0.15, -0.1) is 0 Å². The first-order valence-corrected chi connectivity index (χ1v) is 5.22. The highest BCUT2D eigenvalue weighted by Gasteiger charge is 1.98. The number of aliphatic imine (C=N–C) groups is 1. The number of hydrogen-bond donors (Lipinski definition) is 1. The summed E-state index contributed by atoms with van der Waals surface area (Å²) < 4.78 is 0. The maximum absolute atomic E-state index is 4.28. The maximum Gasteiger partial charge on any atom is 0.0660 e. The molecular formula is C13H18N2. The van der Waals surface area contributed by atoms with Crippen LogP contribution in [0.25, 0.3) is 0 Å². The van der Waals surface area contributed by atoms with Gasteiger partial charge in [0, 0.05) is 19.3 Å². The zero-order valence-corrected chi connectivity index (χ0v) is 9.62. The molecule has 0 unspecified atom stereocenters. The Hall–Kier alpha value is -1.57. The average Bonchev–Trinajstić information content (AvgIpc) is 2.27. The summed E-state index contributed by atoms with van der Waals surface area (Å²) in [5.74, 6) is 0. The molecule has 0 atom stereocenters. The van der Waals surface area contributed by atoms with Crippen molar-refractivity contribution in [2.24, 2.45) is 4.99 Å². The monoisotopic (exact) mass is 202 g/mol. The molecule has 1 aromatic rings. The quantitative estimate of drug-likeness (QED) is 0.746. The van der Waals surface area contributed by atoms with Crippen molar-refractivity contribution in [2.75, 3.05) is 13.6 Å². The second-order valence-electron chi connectivity index (χ2n) is 3.33. The van der Waals surface area contributed by atoms with Crippen LogP contribution in [0.3, 0.4) is 0 Å². The van der Waals surface area contributed by atoms with E-state index in [-0.39, 0.29) is 0 Å². The molecule has 2 heteroatoms. The molecule has 1 aromatic carbocycles. The van der Waals surface area contributed by atoms with Gasteiger partial charge < -0.3 is 5.32 Å². The molecule has 0 aliphatic rings. The second-order valence-corrected chi connectivity index (χ2v) is 3.33. The normalized spacial score (nSPS) is 12.7. The van der Waals surface area contributed by atoms with E-state index in [1.54, 1.807) is 0 Å². The number of nitrogens with one attached hydrogen (secondary N) is 1. The Morgan fingerprint density at radius 1 is 1.33 bits per heavy atom. The van der Waals surface area contributed by atoms with E-state index in [0.717, 1.165) is 23.5 Å². The van der Waals surface area contributed by atoms with Gasteiger partial charge in [0.2, 0.25) is 0 Å². The summed E-state index contributed by atoms with van der Waals surface area (Å²) in [5, 5.41) is 3.26. The maximum atomic E-state index is 4.28. The minimum absolute atomic E-state index is 0.939. The van der Waals surface area contributed by atoms with Crippen molar-refractivity contribution in [3.63, 3.8) is 0 Å². The molecule has 1 rings (SSSR count). The lowest BCUT2D eigenvalue weighted by Crippen LogP contribution is -2.11. The van der Waals surface area contributed by atoms with E-state index in [1.807, 2.05) is 25.2 Å². The van der Waals surface area contributed by atoms with Crippen molar-refractivity contribution in [2.45, 2.75) is 13.8 Å². The summed E-state index contributed by atoms with van der Waals surface area (Å²) in [7, 11) is 1.82. The summed E-state index contributed by atoms with van der Waals surface area (Å²) in [4.78, 5) is 4.28. The molecule has 0 bridgehead atoms. The lowest BCUT2D eigenvalue weighted by atomic mass is 10.1. The van der Waals surface area contributed by atoms with Gasteiger partial charge in [-0.25, -0.2) is 0 Å². The van der Waals surface area contributed by atoms with Crippen LogP contribution in [0, 0.1) is 0 Å². The molecule has 0 amide bonds. The van der Waals surface area contributed by atoms with Gasteiger partial charge in [-0.1, -0.05) is 30.3 Å². The van der Waals surface area contributed by atoms with Gasteiger partial charge in [0.25, 0.3) is 0 Å². The fourth-order valence-electron chi connectivity index (χ4n) is 1.42. The molecule has 2 nitrogen and oxygen atoms in total. The third kappa shape index (κ3) is 3.58. The molecule has 0 saturated heterocycles. The highest BCUT2D eigenvalue weighted by Crippen LogP contribution is 2.03. The van der Waals surface area contributed by atoms with Crippen LogP contribution >= 0.6 is 0 Å². The number of nitrogens with zero attached hydrogens (tertiary/aromatic N) is 1. The van der Waals surface area contributed by atoms with E-state index in [1.165, 1.54) is 0 Å². The Morgan fingerprint density at radius 2 is 2.00 bits per heavy atom. The Kier molecular flexibility index (Phi) is 4.61. The number of hydrogen-bond acceptors (Lipinski definition) is 2. The molecule has 0 saturated carbocycles. The predicted octanol–water partition coefficient (Wildman–Crippen LogP) is 2.62. The van der Waals surface area contributed by atoms with E-state index in [9.17, 15) is 0 Å². The molecule has 0 aliphatic carbocycles. The highest BCUT2D eigenvalue weighted by molar-refractivity contribution is 6.08. The van der Waals surface area contributed by atoms with Crippen LogP contribution < -0.4 is 5.32 Å². The summed E-state index contributed by atoms with van der Waals surface area (Å²) in [6.45, 7) is 5.08. The third-order valence-corrected chi connectivity index (χ3v) is 2.12. The summed E-state index contributed by atoms with van der Waals surface area (Å²) in [5.41, 5.74) is 3.30. The van der Waals surface area contributed by atoms with E-state index in [2.05, 4.69) is 42.4 Å². The topological polar surface area (TPSA) is 24.4 Å². The zero-order valence-electron chi connectivity index (χ0n) is 9.62. The van der Waals surface area contributed by atoms with Crippen LogP contribution in [0.15, 0.2) is 47.1 Å². The van der Waals surface area contributed by atoms with Crippen molar-refractivity contribution in [1.82, 2.24) is 5.32 Å². The molecule has 0 fully saturated rings. The van der Waals surface area contributed by atoms with Gasteiger partial charge in [-0.2, -0.15) is 0 Å². The average molecular weight is 202 g/mol. The van der Waals surface area contributed by atoms with Crippen molar-refractivity contribution >= 4 is 5.71 Å². The van der Waals surface area contributed by atoms with Crippen LogP contribution in [-0.2, 0) is 0 Å². The summed E-state index contributed by atoms with van der Waals surface area (Å²) in [6.07, 6.45) is 2.07. The molecule has 0 aromatic heterocycles. The minimum atomic E-state index is 0.939. The number of allylic oxidation sites excluding steroid dienone is 2. The lowest BCUT2D eigenvalue weighted by molar-refractivity contribution is 0.856. The Labute approximate surface area is 91.7 Å². The van der Waals surface area contributed by atoms with Gasteiger partial charge in [0.15, 0.2) is 0 Å². The number of benzene rings is 1. The number of rotatable bonds is 4. The molecule has 15 heavy (non-hydrogen) atoms. The molecule has 0 aliphatic heterocycles. The fourth-order valence-corrected chi connectivity index (χ4v) is 1.42. The first kappa shape index (κ1) is 11.5. The molecule has 1 N–H and O–H groups in total. The van der Waals surface area contributed by atoms with Crippen LogP contribution in [-0.4, -0.2) is 19.3 Å². The van der Waals surface area contributed by atoms with Crippen LogP contribution in [0.4, 0.5) is 0 Å². The van der Waals surface area contributed by atoms with Crippen molar-refractivity contribution in [1.29, 1.82) is 0 Å². The molecule has 0 spiro atoms. The first-order valence-electron chi connectivity index (χ1n) is 5.22. The standard InChI is InChI=1S/C13H18N2/c1-4-15-11(2)10-13(14-3)12-8-6-5-7-9-12/h5-10,15H,4H2,1-3H3. The van der Waals surface area contributed by atoms with E-state index < -0.39 is 0 Å². The van der Waals surface area contributed by atoms with Crippen molar-refractivity contribution in [3.05, 3.63) is 47.7 Å². The van der Waals surface area contributed by atoms with E-state index in [4.69, 9.17) is 0 Å². The summed E-state index contributed by atoms with van der Waals surface area (Å²) >= 11 is 0. The summed E-state index contributed by atoms with van der Waals surface area (Å²) in [6, 6.07) is 10.2. The highest BCUT2D eigenvalue weighted by atomic mass is 14.9. The van der Waals surface area contributed by atoms with Gasteiger partial charge in [-0.05, 0) is 25.5 Å². The van der Waals surface area contributed by atoms with Gasteiger partial charge in [0.1, 0.15) is 0 Å². The van der Waals surface area contributed by atoms with Gasteiger partial charge in [-0.3, -0.25) is 4.99 Å². The first-order chi connectivity index (χ1) is 7.27. The zero-order chi connectivity index (χ0) is 11.1. The van der Waals surface area contributed by atoms with Crippen LogP contribution in [0.2, 0.25) is 0 Å². The third-order valence-electron chi connectivity index (χ3n) is 2.12. The second kappa shape index (κ2) is 6.02. The molecule has 0 heterocycles. The Bertz CT molecular complexity index is 350. The SMILES string of the molecule is CCNC(C)=CC(=NC)c1ccccc1. The van der Waals surface area contributed by atoms with E-state index in [0.29, 0.717) is 0 Å². The van der Waals surface area contributed by atoms with Gasteiger partial charge in [0.05, 0.1) is 5.71 Å². The van der Waals surface area contributed by atoms with E-state index >= 15 is 0 Å². The van der Waals surface area contributed by atoms with Crippen LogP contribution in [0.1, 0.15) is 19.4 Å². The fraction of sp³-hybridized carbons (Fsp3) is 0.308. The molecule has 0 radical (unpaired) electrons. The van der Waals surface area contributed by atoms with Gasteiger partial charge >= 0.3 is 0 Å². The Balaban J connectivity index is 2.88.